The van der Waals surface area contributed by atoms with Crippen molar-refractivity contribution in [1.29, 1.82) is 0 Å². The minimum Gasteiger partial charge on any atom is -0.481 e. The maximum atomic E-state index is 12.0. The van der Waals surface area contributed by atoms with Crippen molar-refractivity contribution in [2.75, 3.05) is 6.61 Å². The lowest BCUT2D eigenvalue weighted by molar-refractivity contribution is -0.123. The lowest BCUT2D eigenvalue weighted by Crippen LogP contribution is -2.24. The van der Waals surface area contributed by atoms with Gasteiger partial charge in [-0.15, -0.1) is 0 Å². The number of furan rings is 1. The number of carbonyl (C=O) groups is 2. The quantitative estimate of drug-likeness (QED) is 0.172. The summed E-state index contributed by atoms with van der Waals surface area (Å²) in [6.07, 6.45) is 2.75. The van der Waals surface area contributed by atoms with Gasteiger partial charge in [-0.3, -0.25) is 4.79 Å². The standard InChI is InChI=1S/C20H13Br3N2O5/c21-13-8-14(22)19(15(23)9-13)29-11-18(26)25-24-10-12-4-1-2-5-16(12)30-20(27)17-6-3-7-28-17/h1-10H,11H2,(H,25,26). The van der Waals surface area contributed by atoms with E-state index in [2.05, 4.69) is 58.3 Å². The highest BCUT2D eigenvalue weighted by Crippen LogP contribution is 2.36. The number of halogens is 3. The van der Waals surface area contributed by atoms with E-state index >= 15 is 0 Å². The lowest BCUT2D eigenvalue weighted by atomic mass is 10.2. The second kappa shape index (κ2) is 10.6. The predicted octanol–water partition coefficient (Wildman–Crippen LogP) is 5.32. The van der Waals surface area contributed by atoms with E-state index in [-0.39, 0.29) is 18.1 Å². The van der Waals surface area contributed by atoms with Gasteiger partial charge in [-0.1, -0.05) is 28.1 Å². The van der Waals surface area contributed by atoms with Crippen LogP contribution in [0.15, 0.2) is 77.7 Å². The Morgan fingerprint density at radius 3 is 2.50 bits per heavy atom. The van der Waals surface area contributed by atoms with Crippen molar-refractivity contribution in [1.82, 2.24) is 5.43 Å². The van der Waals surface area contributed by atoms with Crippen LogP contribution >= 0.6 is 47.8 Å². The first-order chi connectivity index (χ1) is 14.4. The van der Waals surface area contributed by atoms with Gasteiger partial charge in [0, 0.05) is 10.0 Å². The zero-order valence-corrected chi connectivity index (χ0v) is 19.9. The molecule has 10 heteroatoms. The maximum absolute atomic E-state index is 12.0. The van der Waals surface area contributed by atoms with Crippen LogP contribution in [0.1, 0.15) is 16.1 Å². The number of benzene rings is 2. The summed E-state index contributed by atoms with van der Waals surface area (Å²) in [7, 11) is 0. The molecule has 1 aromatic heterocycles. The Bertz CT molecular complexity index is 1060. The number of amides is 1. The Kier molecular flexibility index (Phi) is 7.83. The average Bonchev–Trinajstić information content (AvgIpc) is 3.23. The molecule has 30 heavy (non-hydrogen) atoms. The van der Waals surface area contributed by atoms with Crippen LogP contribution in [0.2, 0.25) is 0 Å². The Balaban J connectivity index is 1.58. The molecule has 3 rings (SSSR count). The number of ether oxygens (including phenoxy) is 2. The highest BCUT2D eigenvalue weighted by atomic mass is 79.9. The minimum atomic E-state index is -0.635. The summed E-state index contributed by atoms with van der Waals surface area (Å²) in [5.74, 6) is -0.247. The van der Waals surface area contributed by atoms with Crippen LogP contribution in [0.5, 0.6) is 11.5 Å². The van der Waals surface area contributed by atoms with Crippen molar-refractivity contribution in [3.05, 3.63) is 79.5 Å². The fourth-order valence-corrected chi connectivity index (χ4v) is 4.72. The fraction of sp³-hybridized carbons (Fsp3) is 0.0500. The molecule has 0 unspecified atom stereocenters. The smallest absolute Gasteiger partial charge is 0.379 e. The van der Waals surface area contributed by atoms with Crippen molar-refractivity contribution in [2.24, 2.45) is 5.10 Å². The molecule has 1 N–H and O–H groups in total. The number of esters is 1. The number of nitrogens with one attached hydrogen (secondary N) is 1. The number of hydrogen-bond donors (Lipinski definition) is 1. The normalized spacial score (nSPS) is 10.8. The molecule has 0 fully saturated rings. The van der Waals surface area contributed by atoms with Crippen molar-refractivity contribution in [2.45, 2.75) is 0 Å². The molecule has 1 amide bonds. The Morgan fingerprint density at radius 2 is 1.80 bits per heavy atom. The molecular formula is C20H13Br3N2O5. The summed E-state index contributed by atoms with van der Waals surface area (Å²) in [5, 5.41) is 3.89. The van der Waals surface area contributed by atoms with Gasteiger partial charge in [-0.05, 0) is 68.3 Å². The van der Waals surface area contributed by atoms with Crippen LogP contribution in [-0.2, 0) is 4.79 Å². The predicted molar refractivity (Wildman–Crippen MR) is 121 cm³/mol. The van der Waals surface area contributed by atoms with E-state index in [0.29, 0.717) is 20.3 Å². The molecule has 0 aliphatic carbocycles. The summed E-state index contributed by atoms with van der Waals surface area (Å²) < 4.78 is 18.1. The minimum absolute atomic E-state index is 0.0810. The summed E-state index contributed by atoms with van der Waals surface area (Å²) in [4.78, 5) is 24.1. The fourth-order valence-electron chi connectivity index (χ4n) is 2.24. The van der Waals surface area contributed by atoms with E-state index in [4.69, 9.17) is 13.9 Å². The van der Waals surface area contributed by atoms with Gasteiger partial charge in [0.15, 0.2) is 6.61 Å². The lowest BCUT2D eigenvalue weighted by Gasteiger charge is -2.10. The SMILES string of the molecule is O=C(COc1c(Br)cc(Br)cc1Br)NN=Cc1ccccc1OC(=O)c1ccco1. The monoisotopic (exact) mass is 598 g/mol. The van der Waals surface area contributed by atoms with Crippen LogP contribution < -0.4 is 14.9 Å². The van der Waals surface area contributed by atoms with Gasteiger partial charge in [-0.25, -0.2) is 10.2 Å². The number of para-hydroxylation sites is 1. The van der Waals surface area contributed by atoms with Gasteiger partial charge < -0.3 is 13.9 Å². The topological polar surface area (TPSA) is 90.1 Å². The van der Waals surface area contributed by atoms with Crippen molar-refractivity contribution >= 4 is 65.9 Å². The molecule has 0 saturated heterocycles. The first-order valence-electron chi connectivity index (χ1n) is 8.38. The van der Waals surface area contributed by atoms with Gasteiger partial charge in [0.1, 0.15) is 11.5 Å². The van der Waals surface area contributed by atoms with E-state index in [1.165, 1.54) is 18.5 Å². The van der Waals surface area contributed by atoms with E-state index in [1.807, 2.05) is 0 Å². The summed E-state index contributed by atoms with van der Waals surface area (Å²) in [5.41, 5.74) is 2.86. The molecule has 3 aromatic rings. The second-order valence-electron chi connectivity index (χ2n) is 5.69. The summed E-state index contributed by atoms with van der Waals surface area (Å²) in [6, 6.07) is 13.5. The largest absolute Gasteiger partial charge is 0.481 e. The molecule has 0 spiro atoms. The van der Waals surface area contributed by atoms with Crippen LogP contribution in [0.25, 0.3) is 0 Å². The first-order valence-corrected chi connectivity index (χ1v) is 10.8. The number of hydrogen-bond acceptors (Lipinski definition) is 6. The van der Waals surface area contributed by atoms with Crippen molar-refractivity contribution < 1.29 is 23.5 Å². The molecule has 0 aliphatic heterocycles. The van der Waals surface area contributed by atoms with Gasteiger partial charge in [0.2, 0.25) is 5.76 Å². The van der Waals surface area contributed by atoms with Gasteiger partial charge in [-0.2, -0.15) is 5.10 Å². The van der Waals surface area contributed by atoms with Crippen LogP contribution in [0.4, 0.5) is 0 Å². The van der Waals surface area contributed by atoms with Gasteiger partial charge in [0.05, 0.1) is 21.4 Å². The molecule has 0 bridgehead atoms. The Hall–Kier alpha value is -2.43. The molecule has 0 saturated carbocycles. The maximum Gasteiger partial charge on any atom is 0.379 e. The van der Waals surface area contributed by atoms with Crippen LogP contribution in [-0.4, -0.2) is 24.7 Å². The van der Waals surface area contributed by atoms with Gasteiger partial charge >= 0.3 is 5.97 Å². The summed E-state index contributed by atoms with van der Waals surface area (Å²) >= 11 is 10.1. The number of rotatable bonds is 7. The zero-order valence-electron chi connectivity index (χ0n) is 15.1. The molecule has 0 atom stereocenters. The van der Waals surface area contributed by atoms with E-state index in [9.17, 15) is 9.59 Å². The number of carbonyl (C=O) groups excluding carboxylic acids is 2. The third-order valence-corrected chi connectivity index (χ3v) is 5.18. The first kappa shape index (κ1) is 22.3. The Labute approximate surface area is 196 Å². The molecule has 2 aromatic carbocycles. The summed E-state index contributed by atoms with van der Waals surface area (Å²) in [6.45, 7) is -0.245. The molecule has 154 valence electrons. The molecule has 0 aliphatic rings. The molecule has 0 radical (unpaired) electrons. The average molecular weight is 601 g/mol. The van der Waals surface area contributed by atoms with Gasteiger partial charge in [0.25, 0.3) is 5.91 Å². The van der Waals surface area contributed by atoms with E-state index in [0.717, 1.165) is 4.47 Å². The molecule has 1 heterocycles. The second-order valence-corrected chi connectivity index (χ2v) is 8.31. The highest BCUT2D eigenvalue weighted by molar-refractivity contribution is 9.11. The number of nitrogens with zero attached hydrogens (tertiary/aromatic N) is 1. The molecular weight excluding hydrogens is 588 g/mol. The van der Waals surface area contributed by atoms with Crippen molar-refractivity contribution in [3.8, 4) is 11.5 Å². The zero-order chi connectivity index (χ0) is 21.5. The number of hydrazone groups is 1. The van der Waals surface area contributed by atoms with Crippen molar-refractivity contribution in [3.63, 3.8) is 0 Å². The molecule has 7 nitrogen and oxygen atoms in total. The highest BCUT2D eigenvalue weighted by Gasteiger charge is 2.13. The Morgan fingerprint density at radius 1 is 1.07 bits per heavy atom. The van der Waals surface area contributed by atoms with Crippen LogP contribution in [0.3, 0.4) is 0 Å². The van der Waals surface area contributed by atoms with E-state index < -0.39 is 11.9 Å². The van der Waals surface area contributed by atoms with E-state index in [1.54, 1.807) is 42.5 Å². The van der Waals surface area contributed by atoms with Crippen LogP contribution in [0, 0.1) is 0 Å². The third kappa shape index (κ3) is 6.04. The third-order valence-electron chi connectivity index (χ3n) is 3.55.